The Morgan fingerprint density at radius 1 is 1.43 bits per heavy atom. The highest BCUT2D eigenvalue weighted by Gasteiger charge is 2.19. The highest BCUT2D eigenvalue weighted by atomic mass is 79.9. The second kappa shape index (κ2) is 7.58. The van der Waals surface area contributed by atoms with Crippen molar-refractivity contribution in [2.75, 3.05) is 6.54 Å². The topological polar surface area (TPSA) is 89.3 Å². The maximum Gasteiger partial charge on any atom is 0.252 e. The summed E-state index contributed by atoms with van der Waals surface area (Å²) in [6, 6.07) is 2.53. The van der Waals surface area contributed by atoms with Crippen molar-refractivity contribution in [1.29, 1.82) is 0 Å². The fraction of sp³-hybridized carbons (Fsp3) is 0.462. The molecule has 0 heterocycles. The van der Waals surface area contributed by atoms with E-state index in [1.807, 2.05) is 0 Å². The maximum atomic E-state index is 12.1. The van der Waals surface area contributed by atoms with E-state index in [1.54, 1.807) is 0 Å². The number of nitrogens with two attached hydrogens (primary N) is 1. The van der Waals surface area contributed by atoms with Crippen molar-refractivity contribution in [2.24, 2.45) is 11.1 Å². The lowest BCUT2D eigenvalue weighted by Crippen LogP contribution is -2.25. The van der Waals surface area contributed by atoms with E-state index in [4.69, 9.17) is 16.7 Å². The van der Waals surface area contributed by atoms with E-state index in [2.05, 4.69) is 35.1 Å². The molecule has 8 heteroatoms. The molecule has 0 fully saturated rings. The molecule has 0 unspecified atom stereocenters. The van der Waals surface area contributed by atoms with Gasteiger partial charge in [-0.3, -0.25) is 4.79 Å². The second-order valence-electron chi connectivity index (χ2n) is 5.10. The molecule has 1 aromatic carbocycles. The summed E-state index contributed by atoms with van der Waals surface area (Å²) < 4.78 is 23.1. The van der Waals surface area contributed by atoms with E-state index in [9.17, 15) is 13.2 Å². The number of nitrogens with one attached hydrogen (secondary N) is 1. The van der Waals surface area contributed by atoms with E-state index in [1.165, 1.54) is 12.1 Å². The van der Waals surface area contributed by atoms with Crippen LogP contribution >= 0.6 is 27.5 Å². The van der Waals surface area contributed by atoms with Crippen LogP contribution in [0, 0.1) is 5.92 Å². The fourth-order valence-corrected chi connectivity index (χ4v) is 3.74. The summed E-state index contributed by atoms with van der Waals surface area (Å²) in [5, 5.41) is 7.98. The maximum absolute atomic E-state index is 12.1. The Morgan fingerprint density at radius 2 is 2.05 bits per heavy atom. The lowest BCUT2D eigenvalue weighted by molar-refractivity contribution is 0.0952. The largest absolute Gasteiger partial charge is 0.352 e. The molecule has 0 atom stereocenters. The van der Waals surface area contributed by atoms with Crippen molar-refractivity contribution in [1.82, 2.24) is 5.32 Å². The summed E-state index contributed by atoms with van der Waals surface area (Å²) in [4.78, 5) is 11.9. The van der Waals surface area contributed by atoms with Gasteiger partial charge in [-0.15, -0.1) is 0 Å². The third-order valence-electron chi connectivity index (χ3n) is 2.82. The van der Waals surface area contributed by atoms with Gasteiger partial charge in [-0.25, -0.2) is 13.6 Å². The van der Waals surface area contributed by atoms with Crippen molar-refractivity contribution < 1.29 is 13.2 Å². The molecule has 0 bridgehead atoms. The van der Waals surface area contributed by atoms with Crippen LogP contribution in [-0.2, 0) is 10.0 Å². The molecule has 3 N–H and O–H groups in total. The number of amides is 1. The van der Waals surface area contributed by atoms with Gasteiger partial charge in [0.25, 0.3) is 5.91 Å². The predicted octanol–water partition coefficient (Wildman–Crippen LogP) is 2.92. The van der Waals surface area contributed by atoms with Gasteiger partial charge in [-0.2, -0.15) is 0 Å². The average molecular weight is 398 g/mol. The SMILES string of the molecule is CC(C)CCCNC(=O)c1cc(S(N)(=O)=O)c(Br)cc1Cl. The molecule has 21 heavy (non-hydrogen) atoms. The molecule has 0 saturated carbocycles. The van der Waals surface area contributed by atoms with Gasteiger partial charge < -0.3 is 5.32 Å². The summed E-state index contributed by atoms with van der Waals surface area (Å²) in [6.07, 6.45) is 1.84. The van der Waals surface area contributed by atoms with Crippen molar-refractivity contribution in [3.8, 4) is 0 Å². The predicted molar refractivity (Wildman–Crippen MR) is 86.9 cm³/mol. The summed E-state index contributed by atoms with van der Waals surface area (Å²) in [7, 11) is -3.93. The minimum absolute atomic E-state index is 0.0911. The molecule has 5 nitrogen and oxygen atoms in total. The first-order valence-electron chi connectivity index (χ1n) is 6.43. The second-order valence-corrected chi connectivity index (χ2v) is 7.89. The van der Waals surface area contributed by atoms with Gasteiger partial charge in [-0.1, -0.05) is 25.4 Å². The zero-order valence-electron chi connectivity index (χ0n) is 11.8. The third-order valence-corrected chi connectivity index (χ3v) is 5.00. The Morgan fingerprint density at radius 3 is 2.57 bits per heavy atom. The van der Waals surface area contributed by atoms with Crippen LogP contribution in [0.15, 0.2) is 21.5 Å². The van der Waals surface area contributed by atoms with Gasteiger partial charge >= 0.3 is 0 Å². The van der Waals surface area contributed by atoms with Crippen LogP contribution in [0.25, 0.3) is 0 Å². The molecular weight excluding hydrogens is 380 g/mol. The van der Waals surface area contributed by atoms with Gasteiger partial charge in [0.15, 0.2) is 0 Å². The van der Waals surface area contributed by atoms with E-state index < -0.39 is 15.9 Å². The molecule has 0 aromatic heterocycles. The molecule has 0 aliphatic carbocycles. The van der Waals surface area contributed by atoms with Crippen molar-refractivity contribution in [3.05, 3.63) is 27.2 Å². The zero-order valence-corrected chi connectivity index (χ0v) is 15.0. The number of hydrogen-bond acceptors (Lipinski definition) is 3. The average Bonchev–Trinajstić information content (AvgIpc) is 2.32. The highest BCUT2D eigenvalue weighted by molar-refractivity contribution is 9.10. The molecule has 0 radical (unpaired) electrons. The Hall–Kier alpha value is -0.630. The van der Waals surface area contributed by atoms with Gasteiger partial charge in [0.05, 0.1) is 15.5 Å². The first-order valence-corrected chi connectivity index (χ1v) is 9.14. The van der Waals surface area contributed by atoms with E-state index in [0.717, 1.165) is 12.8 Å². The van der Waals surface area contributed by atoms with Crippen LogP contribution in [0.3, 0.4) is 0 Å². The zero-order chi connectivity index (χ0) is 16.2. The van der Waals surface area contributed by atoms with Crippen molar-refractivity contribution >= 4 is 43.5 Å². The minimum Gasteiger partial charge on any atom is -0.352 e. The Labute approximate surface area is 138 Å². The van der Waals surface area contributed by atoms with Gasteiger partial charge in [0, 0.05) is 11.0 Å². The number of primary sulfonamides is 1. The molecule has 0 aliphatic rings. The number of carbonyl (C=O) groups excluding carboxylic acids is 1. The summed E-state index contributed by atoms with van der Waals surface area (Å²) in [5.74, 6) is 0.147. The molecular formula is C13H18BrClN2O3S. The number of carbonyl (C=O) groups is 1. The van der Waals surface area contributed by atoms with Gasteiger partial charge in [-0.05, 0) is 46.8 Å². The molecule has 1 aromatic rings. The van der Waals surface area contributed by atoms with Crippen molar-refractivity contribution in [2.45, 2.75) is 31.6 Å². The number of rotatable bonds is 6. The Bertz CT molecular complexity index is 633. The normalized spacial score (nSPS) is 11.7. The number of sulfonamides is 1. The summed E-state index contributed by atoms with van der Waals surface area (Å²) >= 11 is 9.05. The number of halogens is 2. The smallest absolute Gasteiger partial charge is 0.252 e. The molecule has 1 amide bonds. The van der Waals surface area contributed by atoms with E-state index in [0.29, 0.717) is 12.5 Å². The molecule has 0 aliphatic heterocycles. The Balaban J connectivity index is 2.90. The third kappa shape index (κ3) is 5.58. The number of hydrogen-bond donors (Lipinski definition) is 2. The van der Waals surface area contributed by atoms with Gasteiger partial charge in [0.1, 0.15) is 0 Å². The van der Waals surface area contributed by atoms with Crippen LogP contribution < -0.4 is 10.5 Å². The fourth-order valence-electron chi connectivity index (χ4n) is 1.73. The van der Waals surface area contributed by atoms with Crippen LogP contribution in [0.4, 0.5) is 0 Å². The van der Waals surface area contributed by atoms with Crippen LogP contribution in [0.2, 0.25) is 5.02 Å². The van der Waals surface area contributed by atoms with E-state index in [-0.39, 0.29) is 20.0 Å². The summed E-state index contributed by atoms with van der Waals surface area (Å²) in [5.41, 5.74) is 0.0911. The van der Waals surface area contributed by atoms with E-state index >= 15 is 0 Å². The lowest BCUT2D eigenvalue weighted by Gasteiger charge is -2.10. The van der Waals surface area contributed by atoms with Crippen molar-refractivity contribution in [3.63, 3.8) is 0 Å². The summed E-state index contributed by atoms with van der Waals surface area (Å²) in [6.45, 7) is 4.71. The molecule has 1 rings (SSSR count). The molecule has 0 saturated heterocycles. The standard InChI is InChI=1S/C13H18BrClN2O3S/c1-8(2)4-3-5-17-13(18)9-6-12(21(16,19)20)10(14)7-11(9)15/h6-8H,3-5H2,1-2H3,(H,17,18)(H2,16,19,20). The monoisotopic (exact) mass is 396 g/mol. The number of benzene rings is 1. The molecule has 118 valence electrons. The van der Waals surface area contributed by atoms with Crippen LogP contribution in [-0.4, -0.2) is 20.9 Å². The quantitative estimate of drug-likeness (QED) is 0.723. The van der Waals surface area contributed by atoms with Gasteiger partial charge in [0.2, 0.25) is 10.0 Å². The Kier molecular flexibility index (Phi) is 6.65. The van der Waals surface area contributed by atoms with Crippen LogP contribution in [0.1, 0.15) is 37.0 Å². The first kappa shape index (κ1) is 18.4. The lowest BCUT2D eigenvalue weighted by atomic mass is 10.1. The van der Waals surface area contributed by atoms with Crippen LogP contribution in [0.5, 0.6) is 0 Å². The highest BCUT2D eigenvalue weighted by Crippen LogP contribution is 2.28. The molecule has 0 spiro atoms. The first-order chi connectivity index (χ1) is 9.62. The minimum atomic E-state index is -3.93.